The third kappa shape index (κ3) is 3.63. The van der Waals surface area contributed by atoms with E-state index in [0.29, 0.717) is 47.2 Å². The molecule has 1 fully saturated rings. The van der Waals surface area contributed by atoms with Crippen molar-refractivity contribution in [1.82, 2.24) is 4.98 Å². The molecular weight excluding hydrogens is 387 g/mol. The van der Waals surface area contributed by atoms with Crippen molar-refractivity contribution in [2.75, 3.05) is 18.6 Å². The second-order valence-corrected chi connectivity index (χ2v) is 9.44. The zero-order valence-electron chi connectivity index (χ0n) is 15.2. The number of carbonyl (C=O) groups excluding carboxylic acids is 1. The molecule has 1 aromatic carbocycles. The lowest BCUT2D eigenvalue weighted by molar-refractivity contribution is -0.118. The van der Waals surface area contributed by atoms with Gasteiger partial charge in [0.2, 0.25) is 5.91 Å². The smallest absolute Gasteiger partial charge is 0.227 e. The van der Waals surface area contributed by atoms with Gasteiger partial charge in [-0.3, -0.25) is 4.79 Å². The highest BCUT2D eigenvalue weighted by atomic mass is 32.2. The lowest BCUT2D eigenvalue weighted by atomic mass is 9.90. The third-order valence-electron chi connectivity index (χ3n) is 5.16. The minimum absolute atomic E-state index is 0.000238. The first-order valence-corrected chi connectivity index (χ1v) is 10.6. The fourth-order valence-electron chi connectivity index (χ4n) is 3.62. The van der Waals surface area contributed by atoms with Crippen molar-refractivity contribution in [2.45, 2.75) is 53.5 Å². The molecule has 2 atom stereocenters. The number of thiazole rings is 1. The Balaban J connectivity index is 1.57. The van der Waals surface area contributed by atoms with Crippen LogP contribution >= 0.6 is 23.1 Å². The fraction of sp³-hybridized carbons (Fsp3) is 0.474. The van der Waals surface area contributed by atoms with E-state index in [2.05, 4.69) is 4.98 Å². The molecule has 2 aromatic rings. The number of aryl methyl sites for hydroxylation is 1. The van der Waals surface area contributed by atoms with E-state index in [9.17, 15) is 14.3 Å². The summed E-state index contributed by atoms with van der Waals surface area (Å²) < 4.78 is 20.8. The summed E-state index contributed by atoms with van der Waals surface area (Å²) in [5.74, 6) is -0.360. The van der Waals surface area contributed by atoms with Crippen LogP contribution in [0.4, 0.5) is 10.1 Å². The van der Waals surface area contributed by atoms with E-state index in [-0.39, 0.29) is 17.8 Å². The SMILES string of the molecule is C[C@@H]1CC(O)(c2cnc(Sc3cc4c(cc3F)N(C)C(=O)CC4)s2)CCO1. The Morgan fingerprint density at radius 1 is 1.44 bits per heavy atom. The van der Waals surface area contributed by atoms with E-state index in [1.165, 1.54) is 34.1 Å². The number of nitrogens with zero attached hydrogens (tertiary/aromatic N) is 2. The second kappa shape index (κ2) is 7.16. The summed E-state index contributed by atoms with van der Waals surface area (Å²) in [5, 5.41) is 10.9. The number of ether oxygens (including phenoxy) is 1. The third-order valence-corrected chi connectivity index (χ3v) is 7.46. The molecular formula is C19H21FN2O3S2. The molecule has 1 aromatic heterocycles. The van der Waals surface area contributed by atoms with Gasteiger partial charge in [0.15, 0.2) is 4.34 Å². The summed E-state index contributed by atoms with van der Waals surface area (Å²) >= 11 is 2.66. The van der Waals surface area contributed by atoms with Crippen LogP contribution in [0.2, 0.25) is 0 Å². The van der Waals surface area contributed by atoms with Crippen molar-refractivity contribution < 1.29 is 19.0 Å². The number of aromatic nitrogens is 1. The highest BCUT2D eigenvalue weighted by Crippen LogP contribution is 2.42. The summed E-state index contributed by atoms with van der Waals surface area (Å²) in [7, 11) is 1.68. The molecule has 1 saturated heterocycles. The first-order valence-electron chi connectivity index (χ1n) is 8.93. The van der Waals surface area contributed by atoms with Crippen LogP contribution in [0.5, 0.6) is 0 Å². The Morgan fingerprint density at radius 3 is 3.04 bits per heavy atom. The van der Waals surface area contributed by atoms with E-state index in [0.717, 1.165) is 10.4 Å². The largest absolute Gasteiger partial charge is 0.384 e. The average Bonchev–Trinajstić information content (AvgIpc) is 3.09. The summed E-state index contributed by atoms with van der Waals surface area (Å²) in [6.45, 7) is 2.47. The van der Waals surface area contributed by atoms with Gasteiger partial charge in [0.1, 0.15) is 11.4 Å². The van der Waals surface area contributed by atoms with Crippen LogP contribution in [0.1, 0.15) is 36.6 Å². The average molecular weight is 409 g/mol. The van der Waals surface area contributed by atoms with Crippen LogP contribution < -0.4 is 4.90 Å². The molecule has 1 unspecified atom stereocenters. The summed E-state index contributed by atoms with van der Waals surface area (Å²) in [5.41, 5.74) is 0.680. The minimum atomic E-state index is -0.925. The Bertz CT molecular complexity index is 888. The lowest BCUT2D eigenvalue weighted by Crippen LogP contribution is -2.36. The molecule has 2 aliphatic heterocycles. The Kier molecular flexibility index (Phi) is 5.00. The Hall–Kier alpha value is -1.48. The van der Waals surface area contributed by atoms with E-state index >= 15 is 0 Å². The summed E-state index contributed by atoms with van der Waals surface area (Å²) in [6, 6.07) is 3.24. The van der Waals surface area contributed by atoms with Crippen LogP contribution in [0.3, 0.4) is 0 Å². The molecule has 0 saturated carbocycles. The normalized spacial score (nSPS) is 25.6. The van der Waals surface area contributed by atoms with Gasteiger partial charge in [-0.2, -0.15) is 0 Å². The lowest BCUT2D eigenvalue weighted by Gasteiger charge is -2.34. The maximum atomic E-state index is 14.6. The highest BCUT2D eigenvalue weighted by molar-refractivity contribution is 8.01. The quantitative estimate of drug-likeness (QED) is 0.839. The number of hydrogen-bond acceptors (Lipinski definition) is 6. The number of halogens is 1. The molecule has 1 N–H and O–H groups in total. The summed E-state index contributed by atoms with van der Waals surface area (Å²) in [6.07, 6.45) is 3.82. The molecule has 4 rings (SSSR count). The number of hydrogen-bond donors (Lipinski definition) is 1. The first kappa shape index (κ1) is 18.9. The molecule has 5 nitrogen and oxygen atoms in total. The number of fused-ring (bicyclic) bond motifs is 1. The van der Waals surface area contributed by atoms with E-state index in [4.69, 9.17) is 4.74 Å². The topological polar surface area (TPSA) is 62.7 Å². The molecule has 27 heavy (non-hydrogen) atoms. The van der Waals surface area contributed by atoms with E-state index < -0.39 is 5.60 Å². The van der Waals surface area contributed by atoms with Crippen molar-refractivity contribution in [2.24, 2.45) is 0 Å². The molecule has 1 amide bonds. The van der Waals surface area contributed by atoms with E-state index in [1.54, 1.807) is 13.2 Å². The van der Waals surface area contributed by atoms with Gasteiger partial charge in [0.25, 0.3) is 0 Å². The summed E-state index contributed by atoms with van der Waals surface area (Å²) in [4.78, 5) is 19.0. The zero-order chi connectivity index (χ0) is 19.2. The monoisotopic (exact) mass is 408 g/mol. The predicted octanol–water partition coefficient (Wildman–Crippen LogP) is 3.73. The van der Waals surface area contributed by atoms with Crippen molar-refractivity contribution in [3.8, 4) is 0 Å². The van der Waals surface area contributed by atoms with Gasteiger partial charge in [-0.25, -0.2) is 9.37 Å². The molecule has 0 radical (unpaired) electrons. The molecule has 2 aliphatic rings. The highest BCUT2D eigenvalue weighted by Gasteiger charge is 2.37. The molecule has 0 spiro atoms. The van der Waals surface area contributed by atoms with Gasteiger partial charge in [-0.1, -0.05) is 11.8 Å². The number of benzene rings is 1. The number of carbonyl (C=O) groups is 1. The second-order valence-electron chi connectivity index (χ2n) is 7.12. The van der Waals surface area contributed by atoms with Crippen LogP contribution in [0.15, 0.2) is 27.6 Å². The standard InChI is InChI=1S/C19H21FN2O3S2/c1-11-9-19(24,5-6-25-11)16-10-21-18(27-16)26-15-7-12-3-4-17(23)22(2)14(12)8-13(15)20/h7-8,10-11,24H,3-6,9H2,1-2H3/t11-,19?/m1/s1. The maximum absolute atomic E-state index is 14.6. The van der Waals surface area contributed by atoms with Gasteiger partial charge >= 0.3 is 0 Å². The number of anilines is 1. The van der Waals surface area contributed by atoms with Crippen molar-refractivity contribution in [3.63, 3.8) is 0 Å². The molecule has 0 bridgehead atoms. The predicted molar refractivity (Wildman–Crippen MR) is 103 cm³/mol. The van der Waals surface area contributed by atoms with Crippen LogP contribution in [0, 0.1) is 5.82 Å². The van der Waals surface area contributed by atoms with Gasteiger partial charge in [-0.15, -0.1) is 11.3 Å². The Morgan fingerprint density at radius 2 is 2.26 bits per heavy atom. The van der Waals surface area contributed by atoms with Gasteiger partial charge in [-0.05, 0) is 31.0 Å². The molecule has 8 heteroatoms. The number of aliphatic hydroxyl groups is 1. The zero-order valence-corrected chi connectivity index (χ0v) is 16.8. The minimum Gasteiger partial charge on any atom is -0.384 e. The van der Waals surface area contributed by atoms with Gasteiger partial charge < -0.3 is 14.7 Å². The van der Waals surface area contributed by atoms with E-state index in [1.807, 2.05) is 13.0 Å². The van der Waals surface area contributed by atoms with Crippen LogP contribution in [0.25, 0.3) is 0 Å². The molecule has 3 heterocycles. The van der Waals surface area contributed by atoms with Crippen molar-refractivity contribution in [3.05, 3.63) is 34.6 Å². The number of amides is 1. The number of rotatable bonds is 3. The van der Waals surface area contributed by atoms with Crippen LogP contribution in [-0.4, -0.2) is 35.8 Å². The molecule has 144 valence electrons. The fourth-order valence-corrected chi connectivity index (χ4v) is 5.75. The molecule has 0 aliphatic carbocycles. The first-order chi connectivity index (χ1) is 12.9. The van der Waals surface area contributed by atoms with Crippen LogP contribution in [-0.2, 0) is 21.6 Å². The van der Waals surface area contributed by atoms with Crippen molar-refractivity contribution >= 4 is 34.7 Å². The van der Waals surface area contributed by atoms with Crippen molar-refractivity contribution in [1.29, 1.82) is 0 Å². The Labute approximate surface area is 165 Å². The van der Waals surface area contributed by atoms with Gasteiger partial charge in [0.05, 0.1) is 22.5 Å². The maximum Gasteiger partial charge on any atom is 0.227 e. The van der Waals surface area contributed by atoms with Gasteiger partial charge in [0, 0.05) is 38.2 Å².